The molecule has 1 nitrogen and oxygen atoms in total. The van der Waals surface area contributed by atoms with Crippen molar-refractivity contribution >= 4 is 5.78 Å². The zero-order chi connectivity index (χ0) is 10.5. The molecule has 0 fully saturated rings. The van der Waals surface area contributed by atoms with Crippen LogP contribution in [0.25, 0.3) is 0 Å². The minimum atomic E-state index is -4.46. The molecule has 0 aromatic heterocycles. The molecule has 0 radical (unpaired) electrons. The molecule has 0 aliphatic rings. The molecule has 0 saturated carbocycles. The number of carbonyl (C=O) groups is 1. The highest BCUT2D eigenvalue weighted by Crippen LogP contribution is 2.25. The Kier molecular flexibility index (Phi) is 4.95. The molecule has 0 rings (SSSR count). The zero-order valence-corrected chi connectivity index (χ0v) is 7.33. The van der Waals surface area contributed by atoms with Crippen LogP contribution in [0.5, 0.6) is 0 Å². The first-order valence-electron chi connectivity index (χ1n) is 4.12. The van der Waals surface area contributed by atoms with Gasteiger partial charge in [-0.05, 0) is 6.42 Å². The Morgan fingerprint density at radius 3 is 2.23 bits per heavy atom. The van der Waals surface area contributed by atoms with Crippen molar-refractivity contribution in [3.05, 3.63) is 0 Å². The van der Waals surface area contributed by atoms with E-state index in [2.05, 4.69) is 0 Å². The quantitative estimate of drug-likeness (QED) is 0.475. The summed E-state index contributed by atoms with van der Waals surface area (Å²) in [6.45, 7) is 1.83. The Labute approximate surface area is 74.1 Å². The number of carbonyl (C=O) groups excluding carboxylic acids is 1. The summed E-state index contributed by atoms with van der Waals surface area (Å²) in [5, 5.41) is 0. The highest BCUT2D eigenvalue weighted by Gasteiger charge is 2.47. The van der Waals surface area contributed by atoms with Crippen LogP contribution in [0.15, 0.2) is 0 Å². The smallest absolute Gasteiger partial charge is 0.293 e. The topological polar surface area (TPSA) is 17.1 Å². The molecule has 0 spiro atoms. The standard InChI is InChI=1S/C8H12F4O/c1-2-3-4-5-6(13)8(11,12)7(9)10/h7H,2-5H2,1H3. The van der Waals surface area contributed by atoms with Crippen LogP contribution in [0, 0.1) is 0 Å². The number of alkyl halides is 4. The summed E-state index contributed by atoms with van der Waals surface area (Å²) < 4.78 is 47.7. The number of Topliss-reactive ketones (excluding diaryl/α,β-unsaturated/α-hetero) is 1. The molecule has 0 bridgehead atoms. The lowest BCUT2D eigenvalue weighted by atomic mass is 10.1. The van der Waals surface area contributed by atoms with Crippen LogP contribution in [-0.2, 0) is 4.79 Å². The lowest BCUT2D eigenvalue weighted by molar-refractivity contribution is -0.167. The third kappa shape index (κ3) is 3.74. The van der Waals surface area contributed by atoms with Gasteiger partial charge >= 0.3 is 12.3 Å². The summed E-state index contributed by atoms with van der Waals surface area (Å²) in [5.41, 5.74) is 0. The van der Waals surface area contributed by atoms with Crippen LogP contribution in [-0.4, -0.2) is 18.1 Å². The van der Waals surface area contributed by atoms with Gasteiger partial charge in [0.25, 0.3) is 0 Å². The molecular weight excluding hydrogens is 188 g/mol. The molecule has 13 heavy (non-hydrogen) atoms. The Hall–Kier alpha value is -0.610. The predicted octanol–water partition coefficient (Wildman–Crippen LogP) is 3.04. The van der Waals surface area contributed by atoms with Crippen molar-refractivity contribution in [1.29, 1.82) is 0 Å². The maximum absolute atomic E-state index is 12.3. The Balaban J connectivity index is 3.95. The number of hydrogen-bond acceptors (Lipinski definition) is 1. The van der Waals surface area contributed by atoms with Crippen molar-refractivity contribution in [3.63, 3.8) is 0 Å². The maximum Gasteiger partial charge on any atom is 0.364 e. The molecule has 0 saturated heterocycles. The van der Waals surface area contributed by atoms with Crippen LogP contribution in [0.1, 0.15) is 32.6 Å². The molecule has 0 amide bonds. The lowest BCUT2D eigenvalue weighted by Crippen LogP contribution is -2.36. The molecule has 0 aliphatic heterocycles. The minimum absolute atomic E-state index is 0.248. The molecule has 0 unspecified atom stereocenters. The van der Waals surface area contributed by atoms with E-state index in [1.807, 2.05) is 6.92 Å². The van der Waals surface area contributed by atoms with Crippen LogP contribution in [0.2, 0.25) is 0 Å². The van der Waals surface area contributed by atoms with Crippen molar-refractivity contribution < 1.29 is 22.4 Å². The number of unbranched alkanes of at least 4 members (excludes halogenated alkanes) is 2. The van der Waals surface area contributed by atoms with E-state index in [1.165, 1.54) is 0 Å². The summed E-state index contributed by atoms with van der Waals surface area (Å²) in [5.74, 6) is -6.12. The van der Waals surface area contributed by atoms with E-state index < -0.39 is 24.6 Å². The summed E-state index contributed by atoms with van der Waals surface area (Å²) in [4.78, 5) is 10.6. The molecule has 0 heterocycles. The van der Waals surface area contributed by atoms with Crippen molar-refractivity contribution in [2.75, 3.05) is 0 Å². The SMILES string of the molecule is CCCCCC(=O)C(F)(F)C(F)F. The molecule has 0 N–H and O–H groups in total. The van der Waals surface area contributed by atoms with E-state index in [0.717, 1.165) is 6.42 Å². The predicted molar refractivity (Wildman–Crippen MR) is 40.1 cm³/mol. The van der Waals surface area contributed by atoms with Crippen molar-refractivity contribution in [2.24, 2.45) is 0 Å². The van der Waals surface area contributed by atoms with Gasteiger partial charge in [0.15, 0.2) is 0 Å². The number of ketones is 1. The summed E-state index contributed by atoms with van der Waals surface area (Å²) in [7, 11) is 0. The van der Waals surface area contributed by atoms with Crippen LogP contribution in [0.4, 0.5) is 17.6 Å². The zero-order valence-electron chi connectivity index (χ0n) is 7.33. The van der Waals surface area contributed by atoms with Gasteiger partial charge in [-0.2, -0.15) is 8.78 Å². The first kappa shape index (κ1) is 12.4. The molecule has 5 heteroatoms. The van der Waals surface area contributed by atoms with E-state index in [4.69, 9.17) is 0 Å². The second-order valence-corrected chi connectivity index (χ2v) is 2.80. The van der Waals surface area contributed by atoms with Gasteiger partial charge in [0.1, 0.15) is 0 Å². The molecule has 78 valence electrons. The molecule has 0 atom stereocenters. The van der Waals surface area contributed by atoms with Crippen molar-refractivity contribution in [1.82, 2.24) is 0 Å². The number of hydrogen-bond donors (Lipinski definition) is 0. The molecule has 0 aromatic rings. The second kappa shape index (κ2) is 5.19. The number of rotatable bonds is 6. The minimum Gasteiger partial charge on any atom is -0.293 e. The van der Waals surface area contributed by atoms with E-state index in [0.29, 0.717) is 6.42 Å². The summed E-state index contributed by atoms with van der Waals surface area (Å²) in [6.07, 6.45) is -2.75. The maximum atomic E-state index is 12.3. The van der Waals surface area contributed by atoms with Gasteiger partial charge in [-0.25, -0.2) is 8.78 Å². The van der Waals surface area contributed by atoms with Gasteiger partial charge < -0.3 is 0 Å². The highest BCUT2D eigenvalue weighted by atomic mass is 19.3. The van der Waals surface area contributed by atoms with Crippen molar-refractivity contribution in [2.45, 2.75) is 45.0 Å². The molecule has 0 aromatic carbocycles. The van der Waals surface area contributed by atoms with Crippen molar-refractivity contribution in [3.8, 4) is 0 Å². The van der Waals surface area contributed by atoms with E-state index in [9.17, 15) is 22.4 Å². The monoisotopic (exact) mass is 200 g/mol. The van der Waals surface area contributed by atoms with E-state index in [1.54, 1.807) is 0 Å². The second-order valence-electron chi connectivity index (χ2n) is 2.80. The fourth-order valence-electron chi connectivity index (χ4n) is 0.824. The van der Waals surface area contributed by atoms with Crippen LogP contribution >= 0.6 is 0 Å². The van der Waals surface area contributed by atoms with Gasteiger partial charge in [0, 0.05) is 6.42 Å². The third-order valence-electron chi connectivity index (χ3n) is 1.65. The fraction of sp³-hybridized carbons (Fsp3) is 0.875. The number of halogens is 4. The highest BCUT2D eigenvalue weighted by molar-refractivity contribution is 5.85. The third-order valence-corrected chi connectivity index (χ3v) is 1.65. The average Bonchev–Trinajstić information content (AvgIpc) is 2.04. The van der Waals surface area contributed by atoms with Crippen LogP contribution < -0.4 is 0 Å². The Morgan fingerprint density at radius 1 is 1.31 bits per heavy atom. The lowest BCUT2D eigenvalue weighted by Gasteiger charge is -2.12. The molecule has 0 aliphatic carbocycles. The Bertz CT molecular complexity index is 168. The fourth-order valence-corrected chi connectivity index (χ4v) is 0.824. The van der Waals surface area contributed by atoms with Gasteiger partial charge in [0.05, 0.1) is 0 Å². The van der Waals surface area contributed by atoms with Gasteiger partial charge in [-0.1, -0.05) is 19.8 Å². The normalized spacial score (nSPS) is 12.2. The first-order valence-corrected chi connectivity index (χ1v) is 4.12. The Morgan fingerprint density at radius 2 is 1.85 bits per heavy atom. The average molecular weight is 200 g/mol. The largest absolute Gasteiger partial charge is 0.364 e. The van der Waals surface area contributed by atoms with Crippen LogP contribution in [0.3, 0.4) is 0 Å². The first-order chi connectivity index (χ1) is 5.92. The van der Waals surface area contributed by atoms with E-state index >= 15 is 0 Å². The summed E-state index contributed by atoms with van der Waals surface area (Å²) >= 11 is 0. The van der Waals surface area contributed by atoms with Gasteiger partial charge in [0.2, 0.25) is 5.78 Å². The van der Waals surface area contributed by atoms with Gasteiger partial charge in [-0.3, -0.25) is 4.79 Å². The van der Waals surface area contributed by atoms with E-state index in [-0.39, 0.29) is 6.42 Å². The summed E-state index contributed by atoms with van der Waals surface area (Å²) in [6, 6.07) is 0. The molecular formula is C8H12F4O. The van der Waals surface area contributed by atoms with Gasteiger partial charge in [-0.15, -0.1) is 0 Å².